The molecule has 0 saturated heterocycles. The van der Waals surface area contributed by atoms with Crippen molar-refractivity contribution in [2.45, 2.75) is 19.6 Å². The first-order chi connectivity index (χ1) is 8.16. The van der Waals surface area contributed by atoms with Crippen molar-refractivity contribution in [2.75, 3.05) is 0 Å². The number of aromatic nitrogens is 2. The van der Waals surface area contributed by atoms with Crippen LogP contribution in [0.5, 0.6) is 5.75 Å². The van der Waals surface area contributed by atoms with E-state index in [-0.39, 0.29) is 6.04 Å². The van der Waals surface area contributed by atoms with Gasteiger partial charge in [-0.1, -0.05) is 18.2 Å². The predicted octanol–water partition coefficient (Wildman–Crippen LogP) is 2.02. The molecule has 1 aromatic heterocycles. The minimum atomic E-state index is -0.0277. The van der Waals surface area contributed by atoms with Crippen molar-refractivity contribution in [1.82, 2.24) is 9.78 Å². The second kappa shape index (κ2) is 5.01. The molecule has 2 N–H and O–H groups in total. The van der Waals surface area contributed by atoms with Crippen molar-refractivity contribution in [2.24, 2.45) is 12.8 Å². The summed E-state index contributed by atoms with van der Waals surface area (Å²) >= 11 is 0. The lowest BCUT2D eigenvalue weighted by atomic mass is 10.1. The molecule has 0 unspecified atom stereocenters. The van der Waals surface area contributed by atoms with Crippen molar-refractivity contribution in [3.05, 3.63) is 47.8 Å². The number of hydrogen-bond acceptors (Lipinski definition) is 3. The summed E-state index contributed by atoms with van der Waals surface area (Å²) in [6.45, 7) is 2.46. The Morgan fingerprint density at radius 2 is 2.18 bits per heavy atom. The van der Waals surface area contributed by atoms with Gasteiger partial charge in [-0.2, -0.15) is 5.10 Å². The molecule has 0 amide bonds. The monoisotopic (exact) mass is 231 g/mol. The highest BCUT2D eigenvalue weighted by Gasteiger charge is 2.07. The summed E-state index contributed by atoms with van der Waals surface area (Å²) in [4.78, 5) is 0. The highest BCUT2D eigenvalue weighted by atomic mass is 16.5. The summed E-state index contributed by atoms with van der Waals surface area (Å²) in [6, 6.07) is 7.82. The third kappa shape index (κ3) is 2.85. The normalized spacial score (nSPS) is 12.4. The maximum atomic E-state index is 5.89. The summed E-state index contributed by atoms with van der Waals surface area (Å²) in [7, 11) is 1.89. The Labute approximate surface area is 101 Å². The average molecular weight is 231 g/mol. The van der Waals surface area contributed by atoms with E-state index >= 15 is 0 Å². The van der Waals surface area contributed by atoms with Gasteiger partial charge in [0.1, 0.15) is 12.4 Å². The Kier molecular flexibility index (Phi) is 3.44. The fourth-order valence-electron chi connectivity index (χ4n) is 1.70. The molecule has 1 aromatic carbocycles. The van der Waals surface area contributed by atoms with Crippen LogP contribution in [0.3, 0.4) is 0 Å². The largest absolute Gasteiger partial charge is 0.488 e. The Bertz CT molecular complexity index is 491. The molecule has 4 heteroatoms. The van der Waals surface area contributed by atoms with Crippen LogP contribution < -0.4 is 10.5 Å². The molecule has 0 aliphatic rings. The average Bonchev–Trinajstić information content (AvgIpc) is 2.73. The molecular formula is C13H17N3O. The number of ether oxygens (including phenoxy) is 1. The predicted molar refractivity (Wildman–Crippen MR) is 66.6 cm³/mol. The number of benzene rings is 1. The zero-order chi connectivity index (χ0) is 12.3. The fourth-order valence-corrected chi connectivity index (χ4v) is 1.70. The van der Waals surface area contributed by atoms with E-state index in [0.717, 1.165) is 16.9 Å². The molecule has 90 valence electrons. The van der Waals surface area contributed by atoms with E-state index < -0.39 is 0 Å². The summed E-state index contributed by atoms with van der Waals surface area (Å²) in [6.07, 6.45) is 3.74. The second-order valence-electron chi connectivity index (χ2n) is 4.14. The van der Waals surface area contributed by atoms with Gasteiger partial charge in [0.05, 0.1) is 6.20 Å². The lowest BCUT2D eigenvalue weighted by Gasteiger charge is -2.13. The van der Waals surface area contributed by atoms with Crippen molar-refractivity contribution in [1.29, 1.82) is 0 Å². The van der Waals surface area contributed by atoms with Crippen LogP contribution in [0.25, 0.3) is 0 Å². The number of hydrogen-bond donors (Lipinski definition) is 1. The maximum absolute atomic E-state index is 5.89. The van der Waals surface area contributed by atoms with Gasteiger partial charge < -0.3 is 10.5 Å². The zero-order valence-electron chi connectivity index (χ0n) is 10.1. The Morgan fingerprint density at radius 1 is 1.41 bits per heavy atom. The zero-order valence-corrected chi connectivity index (χ0v) is 10.1. The van der Waals surface area contributed by atoms with E-state index in [1.165, 1.54) is 0 Å². The van der Waals surface area contributed by atoms with Crippen LogP contribution >= 0.6 is 0 Å². The van der Waals surface area contributed by atoms with E-state index in [4.69, 9.17) is 10.5 Å². The van der Waals surface area contributed by atoms with Gasteiger partial charge in [0, 0.05) is 30.4 Å². The van der Waals surface area contributed by atoms with E-state index in [9.17, 15) is 0 Å². The summed E-state index contributed by atoms with van der Waals surface area (Å²) in [5.41, 5.74) is 7.96. The molecule has 0 aliphatic carbocycles. The molecule has 2 rings (SSSR count). The van der Waals surface area contributed by atoms with E-state index in [0.29, 0.717) is 6.61 Å². The van der Waals surface area contributed by atoms with Crippen LogP contribution in [0, 0.1) is 0 Å². The van der Waals surface area contributed by atoms with E-state index in [1.807, 2.05) is 44.4 Å². The molecule has 0 bridgehead atoms. The van der Waals surface area contributed by atoms with Gasteiger partial charge in [-0.15, -0.1) is 0 Å². The maximum Gasteiger partial charge on any atom is 0.124 e. The van der Waals surface area contributed by atoms with Crippen LogP contribution in [0.15, 0.2) is 36.7 Å². The molecular weight excluding hydrogens is 214 g/mol. The van der Waals surface area contributed by atoms with Crippen LogP contribution in [0.2, 0.25) is 0 Å². The summed E-state index contributed by atoms with van der Waals surface area (Å²) in [5.74, 6) is 0.839. The Hall–Kier alpha value is -1.81. The highest BCUT2D eigenvalue weighted by molar-refractivity contribution is 5.35. The minimum absolute atomic E-state index is 0.0277. The third-order valence-electron chi connectivity index (χ3n) is 2.56. The minimum Gasteiger partial charge on any atom is -0.488 e. The molecule has 2 aromatic rings. The Morgan fingerprint density at radius 3 is 2.82 bits per heavy atom. The van der Waals surface area contributed by atoms with Crippen LogP contribution in [0.1, 0.15) is 24.1 Å². The lowest BCUT2D eigenvalue weighted by Crippen LogP contribution is -2.07. The number of nitrogens with two attached hydrogens (primary N) is 1. The third-order valence-corrected chi connectivity index (χ3v) is 2.56. The van der Waals surface area contributed by atoms with Crippen LogP contribution in [0.4, 0.5) is 0 Å². The van der Waals surface area contributed by atoms with Gasteiger partial charge in [-0.3, -0.25) is 4.68 Å². The fraction of sp³-hybridized carbons (Fsp3) is 0.308. The first kappa shape index (κ1) is 11.7. The molecule has 1 heterocycles. The van der Waals surface area contributed by atoms with Crippen LogP contribution in [-0.2, 0) is 13.7 Å². The van der Waals surface area contributed by atoms with Gasteiger partial charge in [0.15, 0.2) is 0 Å². The molecule has 0 aliphatic heterocycles. The van der Waals surface area contributed by atoms with Gasteiger partial charge in [0.2, 0.25) is 0 Å². The van der Waals surface area contributed by atoms with E-state index in [2.05, 4.69) is 5.10 Å². The first-order valence-corrected chi connectivity index (χ1v) is 5.61. The van der Waals surface area contributed by atoms with E-state index in [1.54, 1.807) is 10.9 Å². The molecule has 4 nitrogen and oxygen atoms in total. The number of rotatable bonds is 4. The summed E-state index contributed by atoms with van der Waals surface area (Å²) in [5, 5.41) is 4.10. The lowest BCUT2D eigenvalue weighted by molar-refractivity contribution is 0.301. The Balaban J connectivity index is 2.08. The highest BCUT2D eigenvalue weighted by Crippen LogP contribution is 2.23. The molecule has 0 fully saturated rings. The van der Waals surface area contributed by atoms with Gasteiger partial charge in [0.25, 0.3) is 0 Å². The summed E-state index contributed by atoms with van der Waals surface area (Å²) < 4.78 is 7.52. The molecule has 1 atom stereocenters. The number of nitrogens with zero attached hydrogens (tertiary/aromatic N) is 2. The van der Waals surface area contributed by atoms with Gasteiger partial charge in [-0.05, 0) is 13.0 Å². The topological polar surface area (TPSA) is 53.1 Å². The quantitative estimate of drug-likeness (QED) is 0.875. The molecule has 17 heavy (non-hydrogen) atoms. The smallest absolute Gasteiger partial charge is 0.124 e. The molecule has 0 saturated carbocycles. The van der Waals surface area contributed by atoms with Gasteiger partial charge >= 0.3 is 0 Å². The van der Waals surface area contributed by atoms with Crippen molar-refractivity contribution in [3.63, 3.8) is 0 Å². The van der Waals surface area contributed by atoms with Gasteiger partial charge in [-0.25, -0.2) is 0 Å². The van der Waals surface area contributed by atoms with Crippen LogP contribution in [-0.4, -0.2) is 9.78 Å². The SMILES string of the molecule is C[C@@H](N)c1ccccc1OCc1cnn(C)c1. The van der Waals surface area contributed by atoms with Crippen molar-refractivity contribution >= 4 is 0 Å². The second-order valence-corrected chi connectivity index (χ2v) is 4.14. The van der Waals surface area contributed by atoms with Crippen molar-refractivity contribution in [3.8, 4) is 5.75 Å². The molecule has 0 radical (unpaired) electrons. The number of aryl methyl sites for hydroxylation is 1. The molecule has 0 spiro atoms. The van der Waals surface area contributed by atoms with Crippen molar-refractivity contribution < 1.29 is 4.74 Å². The number of para-hydroxylation sites is 1. The standard InChI is InChI=1S/C13H17N3O/c1-10(14)12-5-3-4-6-13(12)17-9-11-7-15-16(2)8-11/h3-8,10H,9,14H2,1-2H3/t10-/m1/s1. The first-order valence-electron chi connectivity index (χ1n) is 5.61.